The van der Waals surface area contributed by atoms with Gasteiger partial charge >= 0.3 is 6.03 Å². The molecule has 1 unspecified atom stereocenters. The van der Waals surface area contributed by atoms with E-state index in [0.717, 1.165) is 12.8 Å². The Hall–Kier alpha value is -1.81. The third-order valence-corrected chi connectivity index (χ3v) is 4.51. The summed E-state index contributed by atoms with van der Waals surface area (Å²) < 4.78 is 0. The van der Waals surface area contributed by atoms with Gasteiger partial charge in [-0.25, -0.2) is 4.79 Å². The van der Waals surface area contributed by atoms with E-state index < -0.39 is 0 Å². The quantitative estimate of drug-likeness (QED) is 0.919. The van der Waals surface area contributed by atoms with Crippen LogP contribution in [-0.4, -0.2) is 18.0 Å². The van der Waals surface area contributed by atoms with Gasteiger partial charge in [0.2, 0.25) is 0 Å². The average molecular weight is 286 g/mol. The lowest BCUT2D eigenvalue weighted by molar-refractivity contribution is 0.202. The summed E-state index contributed by atoms with van der Waals surface area (Å²) in [5.41, 5.74) is 3.81. The topological polar surface area (TPSA) is 32.3 Å². The normalized spacial score (nSPS) is 16.8. The first kappa shape index (κ1) is 13.2. The van der Waals surface area contributed by atoms with Crippen LogP contribution in [0.3, 0.4) is 0 Å². The monoisotopic (exact) mass is 286 g/mol. The molecule has 20 heavy (non-hydrogen) atoms. The van der Waals surface area contributed by atoms with Crippen LogP contribution in [0.2, 0.25) is 0 Å². The lowest BCUT2D eigenvalue weighted by Gasteiger charge is -2.21. The number of aryl methyl sites for hydroxylation is 1. The molecule has 1 N–H and O–H groups in total. The van der Waals surface area contributed by atoms with Crippen molar-refractivity contribution in [2.45, 2.75) is 25.4 Å². The fourth-order valence-corrected chi connectivity index (χ4v) is 3.35. The van der Waals surface area contributed by atoms with Crippen molar-refractivity contribution in [3.05, 3.63) is 57.8 Å². The number of hydrogen-bond donors (Lipinski definition) is 1. The number of nitrogens with zero attached hydrogens (tertiary/aromatic N) is 1. The number of benzene rings is 1. The van der Waals surface area contributed by atoms with Crippen molar-refractivity contribution >= 4 is 17.4 Å². The minimum absolute atomic E-state index is 0.00194. The summed E-state index contributed by atoms with van der Waals surface area (Å²) in [6, 6.07) is 10.6. The molecule has 0 radical (unpaired) electrons. The van der Waals surface area contributed by atoms with Crippen LogP contribution in [0, 0.1) is 0 Å². The summed E-state index contributed by atoms with van der Waals surface area (Å²) in [7, 11) is 1.84. The summed E-state index contributed by atoms with van der Waals surface area (Å²) in [6.45, 7) is 0.656. The van der Waals surface area contributed by atoms with Crippen molar-refractivity contribution in [2.75, 3.05) is 7.05 Å². The first-order chi connectivity index (χ1) is 9.74. The van der Waals surface area contributed by atoms with Gasteiger partial charge in [-0.15, -0.1) is 0 Å². The highest BCUT2D eigenvalue weighted by atomic mass is 32.1. The van der Waals surface area contributed by atoms with Gasteiger partial charge in [0.05, 0.1) is 6.04 Å². The summed E-state index contributed by atoms with van der Waals surface area (Å²) in [4.78, 5) is 14.0. The third kappa shape index (κ3) is 2.70. The SMILES string of the molecule is CN(Cc1ccsc1)C(=O)NC1CCc2ccccc21. The molecule has 0 fully saturated rings. The minimum Gasteiger partial charge on any atom is -0.331 e. The van der Waals surface area contributed by atoms with E-state index in [4.69, 9.17) is 0 Å². The molecule has 1 aromatic carbocycles. The Kier molecular flexibility index (Phi) is 3.74. The zero-order valence-corrected chi connectivity index (χ0v) is 12.3. The van der Waals surface area contributed by atoms with E-state index in [1.54, 1.807) is 16.2 Å². The predicted molar refractivity (Wildman–Crippen MR) is 81.8 cm³/mol. The molecular weight excluding hydrogens is 268 g/mol. The van der Waals surface area contributed by atoms with E-state index in [9.17, 15) is 4.79 Å². The average Bonchev–Trinajstić information content (AvgIpc) is 3.09. The van der Waals surface area contributed by atoms with Crippen LogP contribution < -0.4 is 5.32 Å². The summed E-state index contributed by atoms with van der Waals surface area (Å²) in [6.07, 6.45) is 2.05. The maximum absolute atomic E-state index is 12.3. The first-order valence-electron chi connectivity index (χ1n) is 6.84. The van der Waals surface area contributed by atoms with Gasteiger partial charge in [-0.3, -0.25) is 0 Å². The number of urea groups is 1. The number of amides is 2. The maximum Gasteiger partial charge on any atom is 0.317 e. The summed E-state index contributed by atoms with van der Waals surface area (Å²) in [5, 5.41) is 7.25. The molecule has 0 spiro atoms. The number of hydrogen-bond acceptors (Lipinski definition) is 2. The molecule has 1 heterocycles. The van der Waals surface area contributed by atoms with E-state index in [1.807, 2.05) is 18.5 Å². The van der Waals surface area contributed by atoms with E-state index in [0.29, 0.717) is 6.54 Å². The molecule has 2 aromatic rings. The van der Waals surface area contributed by atoms with Crippen molar-refractivity contribution in [3.63, 3.8) is 0 Å². The van der Waals surface area contributed by atoms with Crippen molar-refractivity contribution in [1.29, 1.82) is 0 Å². The Balaban J connectivity index is 1.62. The number of carbonyl (C=O) groups is 1. The molecule has 0 aliphatic heterocycles. The van der Waals surface area contributed by atoms with Gasteiger partial charge in [-0.05, 0) is 46.4 Å². The second-order valence-corrected chi connectivity index (χ2v) is 6.01. The van der Waals surface area contributed by atoms with Crippen molar-refractivity contribution in [3.8, 4) is 0 Å². The summed E-state index contributed by atoms with van der Waals surface area (Å²) in [5.74, 6) is 0. The molecule has 1 aliphatic carbocycles. The lowest BCUT2D eigenvalue weighted by atomic mass is 10.1. The molecule has 1 aliphatic rings. The Morgan fingerprint density at radius 1 is 1.40 bits per heavy atom. The standard InChI is InChI=1S/C16H18N2OS/c1-18(10-12-8-9-20-11-12)16(19)17-15-7-6-13-4-2-3-5-14(13)15/h2-5,8-9,11,15H,6-7,10H2,1H3,(H,17,19). The van der Waals surface area contributed by atoms with E-state index >= 15 is 0 Å². The molecule has 0 bridgehead atoms. The van der Waals surface area contributed by atoms with Gasteiger partial charge in [0, 0.05) is 13.6 Å². The highest BCUT2D eigenvalue weighted by Gasteiger charge is 2.24. The van der Waals surface area contributed by atoms with E-state index in [1.165, 1.54) is 16.7 Å². The number of fused-ring (bicyclic) bond motifs is 1. The zero-order valence-electron chi connectivity index (χ0n) is 11.5. The molecular formula is C16H18N2OS. The van der Waals surface area contributed by atoms with Gasteiger partial charge in [0.15, 0.2) is 0 Å². The van der Waals surface area contributed by atoms with Crippen molar-refractivity contribution < 1.29 is 4.79 Å². The fraction of sp³-hybridized carbons (Fsp3) is 0.312. The fourth-order valence-electron chi connectivity index (χ4n) is 2.69. The third-order valence-electron chi connectivity index (χ3n) is 3.78. The number of carbonyl (C=O) groups excluding carboxylic acids is 1. The Bertz CT molecular complexity index is 594. The predicted octanol–water partition coefficient (Wildman–Crippen LogP) is 3.58. The van der Waals surface area contributed by atoms with Crippen LogP contribution in [0.4, 0.5) is 4.79 Å². The van der Waals surface area contributed by atoms with Gasteiger partial charge in [0.1, 0.15) is 0 Å². The molecule has 104 valence electrons. The Labute approximate surface area is 123 Å². The molecule has 0 saturated heterocycles. The van der Waals surface area contributed by atoms with Gasteiger partial charge in [-0.2, -0.15) is 11.3 Å². The molecule has 1 atom stereocenters. The highest BCUT2D eigenvalue weighted by Crippen LogP contribution is 2.30. The van der Waals surface area contributed by atoms with Crippen LogP contribution in [0.5, 0.6) is 0 Å². The Morgan fingerprint density at radius 3 is 3.05 bits per heavy atom. The van der Waals surface area contributed by atoms with E-state index in [2.05, 4.69) is 35.0 Å². The Morgan fingerprint density at radius 2 is 2.25 bits per heavy atom. The lowest BCUT2D eigenvalue weighted by Crippen LogP contribution is -2.38. The first-order valence-corrected chi connectivity index (χ1v) is 7.79. The van der Waals surface area contributed by atoms with Crippen molar-refractivity contribution in [2.24, 2.45) is 0 Å². The van der Waals surface area contributed by atoms with Crippen LogP contribution in [0.1, 0.15) is 29.2 Å². The smallest absolute Gasteiger partial charge is 0.317 e. The van der Waals surface area contributed by atoms with Crippen LogP contribution >= 0.6 is 11.3 Å². The van der Waals surface area contributed by atoms with Gasteiger partial charge in [-0.1, -0.05) is 24.3 Å². The largest absolute Gasteiger partial charge is 0.331 e. The second-order valence-electron chi connectivity index (χ2n) is 5.23. The highest BCUT2D eigenvalue weighted by molar-refractivity contribution is 7.07. The minimum atomic E-state index is -0.00194. The van der Waals surface area contributed by atoms with Gasteiger partial charge in [0.25, 0.3) is 0 Å². The number of rotatable bonds is 3. The van der Waals surface area contributed by atoms with E-state index in [-0.39, 0.29) is 12.1 Å². The molecule has 0 saturated carbocycles. The van der Waals surface area contributed by atoms with Crippen LogP contribution in [0.15, 0.2) is 41.1 Å². The van der Waals surface area contributed by atoms with Crippen molar-refractivity contribution in [1.82, 2.24) is 10.2 Å². The number of nitrogens with one attached hydrogen (secondary N) is 1. The second kappa shape index (κ2) is 5.67. The van der Waals surface area contributed by atoms with Gasteiger partial charge < -0.3 is 10.2 Å². The molecule has 1 aromatic heterocycles. The number of thiophene rings is 1. The zero-order chi connectivity index (χ0) is 13.9. The molecule has 3 nitrogen and oxygen atoms in total. The molecule has 3 rings (SSSR count). The van der Waals surface area contributed by atoms with Crippen LogP contribution in [0.25, 0.3) is 0 Å². The molecule has 2 amide bonds. The molecule has 4 heteroatoms. The van der Waals surface area contributed by atoms with Crippen LogP contribution in [-0.2, 0) is 13.0 Å². The maximum atomic E-state index is 12.3. The summed E-state index contributed by atoms with van der Waals surface area (Å²) >= 11 is 1.66.